The first-order chi connectivity index (χ1) is 12.8. The number of hydrogen-bond donors (Lipinski definition) is 0. The normalized spacial score (nSPS) is 10.9. The van der Waals surface area contributed by atoms with E-state index in [1.54, 1.807) is 6.20 Å². The highest BCUT2D eigenvalue weighted by Crippen LogP contribution is 2.20. The van der Waals surface area contributed by atoms with Crippen LogP contribution in [-0.4, -0.2) is 15.9 Å². The number of carbonyl (C=O) groups excluding carboxylic acids is 1. The molecule has 2 aromatic carbocycles. The van der Waals surface area contributed by atoms with Crippen LogP contribution in [0, 0.1) is 0 Å². The number of esters is 1. The molecule has 0 fully saturated rings. The molecule has 0 unspecified atom stereocenters. The SMILES string of the molecule is O=C(CCc1nc2ccccc2o1)OCc1ncc(-c2ccccc2)o1. The molecule has 0 aliphatic heterocycles. The summed E-state index contributed by atoms with van der Waals surface area (Å²) in [6.45, 7) is -0.000768. The first kappa shape index (κ1) is 16.1. The molecule has 0 bridgehead atoms. The van der Waals surface area contributed by atoms with Crippen LogP contribution < -0.4 is 0 Å². The molecule has 6 heteroatoms. The number of benzene rings is 2. The quantitative estimate of drug-likeness (QED) is 0.487. The van der Waals surface area contributed by atoms with Gasteiger partial charge in [0.1, 0.15) is 5.52 Å². The Morgan fingerprint density at radius 1 is 0.962 bits per heavy atom. The van der Waals surface area contributed by atoms with Crippen LogP contribution >= 0.6 is 0 Å². The monoisotopic (exact) mass is 348 g/mol. The van der Waals surface area contributed by atoms with Crippen LogP contribution in [0.5, 0.6) is 0 Å². The molecule has 6 nitrogen and oxygen atoms in total. The second-order valence-electron chi connectivity index (χ2n) is 5.72. The zero-order valence-electron chi connectivity index (χ0n) is 13.9. The molecular formula is C20H16N2O4. The molecule has 0 saturated heterocycles. The topological polar surface area (TPSA) is 78.4 Å². The first-order valence-corrected chi connectivity index (χ1v) is 8.28. The number of aryl methyl sites for hydroxylation is 1. The predicted octanol–water partition coefficient (Wildman–Crippen LogP) is 4.16. The number of rotatable bonds is 6. The third-order valence-corrected chi connectivity index (χ3v) is 3.85. The fourth-order valence-electron chi connectivity index (χ4n) is 2.56. The van der Waals surface area contributed by atoms with Crippen LogP contribution in [0.4, 0.5) is 0 Å². The van der Waals surface area contributed by atoms with Crippen molar-refractivity contribution >= 4 is 17.1 Å². The summed E-state index contributed by atoms with van der Waals surface area (Å²) in [4.78, 5) is 20.4. The van der Waals surface area contributed by atoms with Gasteiger partial charge < -0.3 is 13.6 Å². The largest absolute Gasteiger partial charge is 0.456 e. The Bertz CT molecular complexity index is 987. The Labute approximate surface area is 149 Å². The third-order valence-electron chi connectivity index (χ3n) is 3.85. The van der Waals surface area contributed by atoms with Crippen LogP contribution in [0.3, 0.4) is 0 Å². The van der Waals surface area contributed by atoms with Crippen LogP contribution in [-0.2, 0) is 22.6 Å². The van der Waals surface area contributed by atoms with Gasteiger partial charge in [-0.25, -0.2) is 9.97 Å². The van der Waals surface area contributed by atoms with E-state index in [9.17, 15) is 4.79 Å². The van der Waals surface area contributed by atoms with E-state index < -0.39 is 0 Å². The molecule has 0 atom stereocenters. The number of nitrogens with zero attached hydrogens (tertiary/aromatic N) is 2. The minimum absolute atomic E-state index is 0.000768. The smallest absolute Gasteiger partial charge is 0.306 e. The molecule has 26 heavy (non-hydrogen) atoms. The molecule has 4 aromatic rings. The number of aromatic nitrogens is 2. The van der Waals surface area contributed by atoms with Crippen molar-refractivity contribution in [1.82, 2.24) is 9.97 Å². The molecule has 0 spiro atoms. The summed E-state index contributed by atoms with van der Waals surface area (Å²) in [5, 5.41) is 0. The maximum absolute atomic E-state index is 11.9. The average molecular weight is 348 g/mol. The highest BCUT2D eigenvalue weighted by molar-refractivity contribution is 5.72. The van der Waals surface area contributed by atoms with E-state index in [-0.39, 0.29) is 19.0 Å². The van der Waals surface area contributed by atoms with E-state index in [0.29, 0.717) is 29.5 Å². The second kappa shape index (κ2) is 7.23. The summed E-state index contributed by atoms with van der Waals surface area (Å²) in [7, 11) is 0. The van der Waals surface area contributed by atoms with Gasteiger partial charge >= 0.3 is 5.97 Å². The van der Waals surface area contributed by atoms with Crippen molar-refractivity contribution in [3.63, 3.8) is 0 Å². The van der Waals surface area contributed by atoms with Gasteiger partial charge in [0.25, 0.3) is 0 Å². The van der Waals surface area contributed by atoms with Crippen molar-refractivity contribution in [1.29, 1.82) is 0 Å². The van der Waals surface area contributed by atoms with E-state index in [1.807, 2.05) is 54.6 Å². The van der Waals surface area contributed by atoms with Crippen molar-refractivity contribution in [2.45, 2.75) is 19.4 Å². The van der Waals surface area contributed by atoms with E-state index in [1.165, 1.54) is 0 Å². The van der Waals surface area contributed by atoms with Gasteiger partial charge in [0.15, 0.2) is 23.8 Å². The van der Waals surface area contributed by atoms with Gasteiger partial charge in [0.05, 0.1) is 12.6 Å². The van der Waals surface area contributed by atoms with Gasteiger partial charge in [-0.05, 0) is 12.1 Å². The minimum Gasteiger partial charge on any atom is -0.456 e. The number of carbonyl (C=O) groups is 1. The lowest BCUT2D eigenvalue weighted by Gasteiger charge is -2.01. The minimum atomic E-state index is -0.355. The number of oxazole rings is 2. The Balaban J connectivity index is 1.29. The molecule has 2 heterocycles. The molecule has 130 valence electrons. The number of ether oxygens (including phenoxy) is 1. The number of para-hydroxylation sites is 2. The van der Waals surface area contributed by atoms with E-state index >= 15 is 0 Å². The Kier molecular flexibility index (Phi) is 4.47. The van der Waals surface area contributed by atoms with Crippen LogP contribution in [0.2, 0.25) is 0 Å². The molecule has 4 rings (SSSR count). The zero-order valence-corrected chi connectivity index (χ0v) is 13.9. The van der Waals surface area contributed by atoms with Gasteiger partial charge in [-0.3, -0.25) is 4.79 Å². The molecule has 2 aromatic heterocycles. The lowest BCUT2D eigenvalue weighted by atomic mass is 10.2. The van der Waals surface area contributed by atoms with Gasteiger partial charge in [0, 0.05) is 12.0 Å². The maximum Gasteiger partial charge on any atom is 0.306 e. The molecular weight excluding hydrogens is 332 g/mol. The molecule has 0 N–H and O–H groups in total. The number of hydrogen-bond acceptors (Lipinski definition) is 6. The van der Waals surface area contributed by atoms with Crippen molar-refractivity contribution in [3.8, 4) is 11.3 Å². The van der Waals surface area contributed by atoms with Crippen molar-refractivity contribution in [3.05, 3.63) is 72.6 Å². The van der Waals surface area contributed by atoms with Gasteiger partial charge in [-0.1, -0.05) is 42.5 Å². The fourth-order valence-corrected chi connectivity index (χ4v) is 2.56. The summed E-state index contributed by atoms with van der Waals surface area (Å²) in [5.41, 5.74) is 2.42. The summed E-state index contributed by atoms with van der Waals surface area (Å²) < 4.78 is 16.4. The van der Waals surface area contributed by atoms with Crippen LogP contribution in [0.15, 0.2) is 69.6 Å². The Morgan fingerprint density at radius 2 is 1.77 bits per heavy atom. The molecule has 0 aliphatic carbocycles. The lowest BCUT2D eigenvalue weighted by Crippen LogP contribution is -2.06. The molecule has 0 saturated carbocycles. The van der Waals surface area contributed by atoms with E-state index in [0.717, 1.165) is 11.1 Å². The molecule has 0 amide bonds. The molecule has 0 aliphatic rings. The van der Waals surface area contributed by atoms with Crippen molar-refractivity contribution in [2.24, 2.45) is 0 Å². The molecule has 0 radical (unpaired) electrons. The first-order valence-electron chi connectivity index (χ1n) is 8.28. The van der Waals surface area contributed by atoms with Crippen LogP contribution in [0.1, 0.15) is 18.2 Å². The second-order valence-corrected chi connectivity index (χ2v) is 5.72. The third kappa shape index (κ3) is 3.64. The standard InChI is InChI=1S/C20H16N2O4/c23-20(11-10-18-22-15-8-4-5-9-16(15)25-18)24-13-19-21-12-17(26-19)14-6-2-1-3-7-14/h1-9,12H,10-11,13H2. The predicted molar refractivity (Wildman–Crippen MR) is 94.1 cm³/mol. The van der Waals surface area contributed by atoms with Gasteiger partial charge in [0.2, 0.25) is 5.89 Å². The summed E-state index contributed by atoms with van der Waals surface area (Å²) in [5.74, 6) is 1.17. The summed E-state index contributed by atoms with van der Waals surface area (Å²) >= 11 is 0. The van der Waals surface area contributed by atoms with Gasteiger partial charge in [-0.2, -0.15) is 0 Å². The Hall–Kier alpha value is -3.41. The summed E-state index contributed by atoms with van der Waals surface area (Å²) in [6.07, 6.45) is 2.18. The van der Waals surface area contributed by atoms with Crippen molar-refractivity contribution in [2.75, 3.05) is 0 Å². The van der Waals surface area contributed by atoms with Gasteiger partial charge in [-0.15, -0.1) is 0 Å². The maximum atomic E-state index is 11.9. The van der Waals surface area contributed by atoms with E-state index in [2.05, 4.69) is 9.97 Å². The highest BCUT2D eigenvalue weighted by atomic mass is 16.5. The van der Waals surface area contributed by atoms with Crippen LogP contribution in [0.25, 0.3) is 22.4 Å². The highest BCUT2D eigenvalue weighted by Gasteiger charge is 2.12. The average Bonchev–Trinajstić information content (AvgIpc) is 3.32. The fraction of sp³-hybridized carbons (Fsp3) is 0.150. The van der Waals surface area contributed by atoms with E-state index in [4.69, 9.17) is 13.6 Å². The lowest BCUT2D eigenvalue weighted by molar-refractivity contribution is -0.145. The Morgan fingerprint density at radius 3 is 2.62 bits per heavy atom. The number of fused-ring (bicyclic) bond motifs is 1. The summed E-state index contributed by atoms with van der Waals surface area (Å²) in [6, 6.07) is 17.1. The zero-order chi connectivity index (χ0) is 17.8. The van der Waals surface area contributed by atoms with Crippen molar-refractivity contribution < 1.29 is 18.4 Å².